The smallest absolute Gasteiger partial charge is 0.119 e. The Labute approximate surface area is 129 Å². The van der Waals surface area contributed by atoms with E-state index in [0.717, 1.165) is 24.5 Å². The van der Waals surface area contributed by atoms with Crippen molar-refractivity contribution < 1.29 is 4.74 Å². The Bertz CT molecular complexity index is 437. The van der Waals surface area contributed by atoms with Gasteiger partial charge in [-0.2, -0.15) is 5.26 Å². The lowest BCUT2D eigenvalue weighted by Gasteiger charge is -2.33. The molecule has 1 aromatic rings. The molecule has 1 aliphatic rings. The van der Waals surface area contributed by atoms with Gasteiger partial charge in [0.05, 0.1) is 12.0 Å². The summed E-state index contributed by atoms with van der Waals surface area (Å²) in [6.45, 7) is 2.23. The van der Waals surface area contributed by atoms with Crippen molar-refractivity contribution in [3.05, 3.63) is 27.8 Å². The van der Waals surface area contributed by atoms with Crippen molar-refractivity contribution in [3.8, 4) is 11.8 Å². The van der Waals surface area contributed by atoms with Crippen molar-refractivity contribution >= 4 is 22.6 Å². The van der Waals surface area contributed by atoms with E-state index in [-0.39, 0.29) is 12.0 Å². The van der Waals surface area contributed by atoms with E-state index in [9.17, 15) is 5.26 Å². The van der Waals surface area contributed by atoms with Crippen LogP contribution in [0, 0.1) is 26.7 Å². The molecule has 19 heavy (non-hydrogen) atoms. The maximum Gasteiger partial charge on any atom is 0.119 e. The lowest BCUT2D eigenvalue weighted by Crippen LogP contribution is -2.33. The number of ether oxygens (including phenoxy) is 1. The van der Waals surface area contributed by atoms with Crippen LogP contribution in [0.4, 0.5) is 0 Å². The Morgan fingerprint density at radius 3 is 2.68 bits per heavy atom. The summed E-state index contributed by atoms with van der Waals surface area (Å²) >= 11 is 2.29. The lowest BCUT2D eigenvalue weighted by molar-refractivity contribution is 0.0875. The van der Waals surface area contributed by atoms with E-state index in [0.29, 0.717) is 0 Å². The monoisotopic (exact) mass is 369 g/mol. The third kappa shape index (κ3) is 4.10. The molecule has 0 aromatic heterocycles. The van der Waals surface area contributed by atoms with Gasteiger partial charge in [0.2, 0.25) is 0 Å². The number of nitriles is 1. The van der Waals surface area contributed by atoms with E-state index < -0.39 is 0 Å². The molecule has 1 aliphatic carbocycles. The number of rotatable bonds is 4. The molecule has 0 aliphatic heterocycles. The second-order valence-corrected chi connectivity index (χ2v) is 6.56. The molecule has 0 amide bonds. The first-order chi connectivity index (χ1) is 9.22. The predicted molar refractivity (Wildman–Crippen MR) is 84.9 cm³/mol. The number of halogens is 1. The summed E-state index contributed by atoms with van der Waals surface area (Å²) < 4.78 is 7.27. The van der Waals surface area contributed by atoms with E-state index in [4.69, 9.17) is 4.74 Å². The summed E-state index contributed by atoms with van der Waals surface area (Å²) in [7, 11) is 0. The highest BCUT2D eigenvalue weighted by Gasteiger charge is 2.31. The van der Waals surface area contributed by atoms with Crippen molar-refractivity contribution in [1.29, 1.82) is 5.26 Å². The minimum Gasteiger partial charge on any atom is -0.489 e. The van der Waals surface area contributed by atoms with Gasteiger partial charge in [-0.25, -0.2) is 0 Å². The molecule has 3 atom stereocenters. The molecule has 2 nitrogen and oxygen atoms in total. The van der Waals surface area contributed by atoms with Crippen molar-refractivity contribution in [2.75, 3.05) is 0 Å². The highest BCUT2D eigenvalue weighted by molar-refractivity contribution is 14.1. The molecule has 1 fully saturated rings. The fourth-order valence-electron chi connectivity index (χ4n) is 2.85. The molecule has 1 aromatic carbocycles. The van der Waals surface area contributed by atoms with Gasteiger partial charge in [0.1, 0.15) is 11.9 Å². The average Bonchev–Trinajstić information content (AvgIpc) is 2.42. The SMILES string of the molecule is CCCC1CCC(C#N)C(Oc2ccc(I)cc2)C1. The Morgan fingerprint density at radius 2 is 2.05 bits per heavy atom. The maximum atomic E-state index is 9.27. The quantitative estimate of drug-likeness (QED) is 0.716. The molecule has 1 saturated carbocycles. The van der Waals surface area contributed by atoms with Crippen molar-refractivity contribution in [2.45, 2.75) is 45.1 Å². The highest BCUT2D eigenvalue weighted by Crippen LogP contribution is 2.34. The van der Waals surface area contributed by atoms with Crippen LogP contribution in [0.2, 0.25) is 0 Å². The van der Waals surface area contributed by atoms with Crippen LogP contribution < -0.4 is 4.74 Å². The van der Waals surface area contributed by atoms with Crippen LogP contribution in [0.25, 0.3) is 0 Å². The van der Waals surface area contributed by atoms with E-state index >= 15 is 0 Å². The third-order valence-electron chi connectivity index (χ3n) is 3.86. The summed E-state index contributed by atoms with van der Waals surface area (Å²) in [4.78, 5) is 0. The van der Waals surface area contributed by atoms with E-state index in [1.807, 2.05) is 24.3 Å². The molecule has 0 spiro atoms. The molecule has 3 unspecified atom stereocenters. The standard InChI is InChI=1S/C16H20INO/c1-2-3-12-4-5-13(11-18)16(10-12)19-15-8-6-14(17)7-9-15/h6-9,12-13,16H,2-5,10H2,1H3. The van der Waals surface area contributed by atoms with Crippen molar-refractivity contribution in [3.63, 3.8) is 0 Å². The van der Waals surface area contributed by atoms with Crippen molar-refractivity contribution in [1.82, 2.24) is 0 Å². The van der Waals surface area contributed by atoms with Crippen molar-refractivity contribution in [2.24, 2.45) is 11.8 Å². The van der Waals surface area contributed by atoms with Gasteiger partial charge in [0.25, 0.3) is 0 Å². The zero-order valence-electron chi connectivity index (χ0n) is 11.3. The minimum absolute atomic E-state index is 0.0485. The van der Waals surface area contributed by atoms with Gasteiger partial charge < -0.3 is 4.74 Å². The van der Waals surface area contributed by atoms with Gasteiger partial charge in [0, 0.05) is 3.57 Å². The topological polar surface area (TPSA) is 33.0 Å². The Kier molecular flexibility index (Phi) is 5.50. The Hall–Kier alpha value is -0.760. The molecule has 0 heterocycles. The van der Waals surface area contributed by atoms with E-state index in [1.165, 1.54) is 22.8 Å². The van der Waals surface area contributed by atoms with Gasteiger partial charge in [0.15, 0.2) is 0 Å². The van der Waals surface area contributed by atoms with Crippen LogP contribution in [-0.2, 0) is 0 Å². The van der Waals surface area contributed by atoms with Gasteiger partial charge in [-0.05, 0) is 72.0 Å². The summed E-state index contributed by atoms with van der Waals surface area (Å²) in [6.07, 6.45) is 5.73. The van der Waals surface area contributed by atoms with Crippen LogP contribution in [0.15, 0.2) is 24.3 Å². The fourth-order valence-corrected chi connectivity index (χ4v) is 3.21. The van der Waals surface area contributed by atoms with Crippen LogP contribution in [0.1, 0.15) is 39.0 Å². The van der Waals surface area contributed by atoms with Gasteiger partial charge in [-0.15, -0.1) is 0 Å². The highest BCUT2D eigenvalue weighted by atomic mass is 127. The maximum absolute atomic E-state index is 9.27. The molecular weight excluding hydrogens is 349 g/mol. The summed E-state index contributed by atoms with van der Waals surface area (Å²) in [5.74, 6) is 1.67. The summed E-state index contributed by atoms with van der Waals surface area (Å²) in [6, 6.07) is 10.5. The average molecular weight is 369 g/mol. The zero-order valence-corrected chi connectivity index (χ0v) is 13.5. The number of hydrogen-bond donors (Lipinski definition) is 0. The number of hydrogen-bond acceptors (Lipinski definition) is 2. The molecule has 102 valence electrons. The van der Waals surface area contributed by atoms with Gasteiger partial charge in [-0.3, -0.25) is 0 Å². The Morgan fingerprint density at radius 1 is 1.32 bits per heavy atom. The van der Waals surface area contributed by atoms with Gasteiger partial charge >= 0.3 is 0 Å². The number of nitrogens with zero attached hydrogens (tertiary/aromatic N) is 1. The third-order valence-corrected chi connectivity index (χ3v) is 4.58. The first-order valence-electron chi connectivity index (χ1n) is 7.04. The summed E-state index contributed by atoms with van der Waals surface area (Å²) in [5.41, 5.74) is 0. The molecule has 0 bridgehead atoms. The molecule has 2 rings (SSSR count). The molecule has 0 saturated heterocycles. The minimum atomic E-state index is 0.0485. The normalized spacial score (nSPS) is 26.7. The second-order valence-electron chi connectivity index (χ2n) is 5.31. The summed E-state index contributed by atoms with van der Waals surface area (Å²) in [5, 5.41) is 9.27. The Balaban J connectivity index is 2.02. The first-order valence-corrected chi connectivity index (χ1v) is 8.12. The zero-order chi connectivity index (χ0) is 13.7. The van der Waals surface area contributed by atoms with Gasteiger partial charge in [-0.1, -0.05) is 19.8 Å². The largest absolute Gasteiger partial charge is 0.489 e. The molecular formula is C16H20INO. The van der Waals surface area contributed by atoms with Crippen LogP contribution in [0.5, 0.6) is 5.75 Å². The predicted octanol–water partition coefficient (Wildman–Crippen LogP) is 4.78. The van der Waals surface area contributed by atoms with Crippen LogP contribution in [0.3, 0.4) is 0 Å². The molecule has 3 heteroatoms. The second kappa shape index (κ2) is 7.14. The lowest BCUT2D eigenvalue weighted by atomic mass is 9.78. The first kappa shape index (κ1) is 14.6. The molecule has 0 N–H and O–H groups in total. The van der Waals surface area contributed by atoms with E-state index in [2.05, 4.69) is 35.6 Å². The van der Waals surface area contributed by atoms with Crippen LogP contribution in [-0.4, -0.2) is 6.10 Å². The number of benzene rings is 1. The van der Waals surface area contributed by atoms with E-state index in [1.54, 1.807) is 0 Å². The molecule has 0 radical (unpaired) electrons. The fraction of sp³-hybridized carbons (Fsp3) is 0.562. The van der Waals surface area contributed by atoms with Crippen LogP contribution >= 0.6 is 22.6 Å².